The van der Waals surface area contributed by atoms with Crippen molar-refractivity contribution >= 4 is 6.29 Å². The van der Waals surface area contributed by atoms with Crippen molar-refractivity contribution in [1.29, 1.82) is 0 Å². The van der Waals surface area contributed by atoms with Gasteiger partial charge in [-0.2, -0.15) is 0 Å². The molecule has 0 unspecified atom stereocenters. The minimum absolute atomic E-state index is 0.292. The zero-order valence-corrected chi connectivity index (χ0v) is 4.76. The summed E-state index contributed by atoms with van der Waals surface area (Å²) in [7, 11) is 1.43. The van der Waals surface area contributed by atoms with Crippen molar-refractivity contribution in [1.82, 2.24) is 0 Å². The molecule has 8 heavy (non-hydrogen) atoms. The quantitative estimate of drug-likeness (QED) is 0.235. The summed E-state index contributed by atoms with van der Waals surface area (Å²) in [6.07, 6.45) is 3.61. The van der Waals surface area contributed by atoms with Crippen LogP contribution in [0.1, 0.15) is 0 Å². The first kappa shape index (κ1) is 6.95. The summed E-state index contributed by atoms with van der Waals surface area (Å²) in [4.78, 5) is 9.88. The summed E-state index contributed by atoms with van der Waals surface area (Å²) in [6, 6.07) is 0. The number of rotatable bonds is 3. The lowest BCUT2D eigenvalue weighted by atomic mass is 10.5. The minimum atomic E-state index is 0.292. The maximum Gasteiger partial charge on any atom is 0.184 e. The Bertz CT molecular complexity index is 114. The maximum absolute atomic E-state index is 9.88. The topological polar surface area (TPSA) is 26.3 Å². The van der Waals surface area contributed by atoms with Gasteiger partial charge < -0.3 is 4.74 Å². The molecule has 0 heterocycles. The molecule has 0 saturated heterocycles. The number of ether oxygens (including phenoxy) is 1. The molecule has 0 aliphatic rings. The Balaban J connectivity index is 3.84. The Morgan fingerprint density at radius 3 is 2.50 bits per heavy atom. The monoisotopic (exact) mass is 112 g/mol. The average molecular weight is 112 g/mol. The van der Waals surface area contributed by atoms with Crippen LogP contribution >= 0.6 is 0 Å². The van der Waals surface area contributed by atoms with Gasteiger partial charge in [-0.15, -0.1) is 0 Å². The van der Waals surface area contributed by atoms with Crippen molar-refractivity contribution in [3.05, 3.63) is 24.5 Å². The predicted octanol–water partition coefficient (Wildman–Crippen LogP) is 0.902. The second kappa shape index (κ2) is 4.12. The van der Waals surface area contributed by atoms with Crippen molar-refractivity contribution in [3.63, 3.8) is 0 Å². The molecule has 0 aromatic heterocycles. The van der Waals surface area contributed by atoms with Gasteiger partial charge in [0.15, 0.2) is 12.0 Å². The first-order chi connectivity index (χ1) is 3.85. The summed E-state index contributed by atoms with van der Waals surface area (Å²) in [5.74, 6) is 0.292. The van der Waals surface area contributed by atoms with Gasteiger partial charge in [0.1, 0.15) is 0 Å². The Kier molecular flexibility index (Phi) is 3.58. The van der Waals surface area contributed by atoms with Crippen LogP contribution in [-0.2, 0) is 9.53 Å². The summed E-state index contributed by atoms with van der Waals surface area (Å²) in [5.41, 5.74) is 0. The highest BCUT2D eigenvalue weighted by Crippen LogP contribution is 1.87. The van der Waals surface area contributed by atoms with E-state index in [9.17, 15) is 4.79 Å². The van der Waals surface area contributed by atoms with Gasteiger partial charge in [0.25, 0.3) is 0 Å². The summed E-state index contributed by atoms with van der Waals surface area (Å²) >= 11 is 0. The molecule has 0 aliphatic heterocycles. The third-order valence-electron chi connectivity index (χ3n) is 0.634. The summed E-state index contributed by atoms with van der Waals surface area (Å²) in [6.45, 7) is 3.38. The van der Waals surface area contributed by atoms with Crippen molar-refractivity contribution in [2.45, 2.75) is 0 Å². The van der Waals surface area contributed by atoms with Gasteiger partial charge in [-0.1, -0.05) is 12.7 Å². The Morgan fingerprint density at radius 1 is 1.75 bits per heavy atom. The molecule has 0 fully saturated rings. The molecule has 0 bridgehead atoms. The van der Waals surface area contributed by atoms with Gasteiger partial charge in [-0.05, 0) is 6.08 Å². The van der Waals surface area contributed by atoms with Crippen LogP contribution in [0.2, 0.25) is 0 Å². The lowest BCUT2D eigenvalue weighted by molar-refractivity contribution is -0.107. The van der Waals surface area contributed by atoms with E-state index >= 15 is 0 Å². The number of hydrogen-bond donors (Lipinski definition) is 0. The van der Waals surface area contributed by atoms with Gasteiger partial charge in [-0.3, -0.25) is 4.79 Å². The lowest BCUT2D eigenvalue weighted by Crippen LogP contribution is -1.84. The van der Waals surface area contributed by atoms with Gasteiger partial charge >= 0.3 is 0 Å². The average Bonchev–Trinajstić information content (AvgIpc) is 1.83. The molecule has 2 heteroatoms. The van der Waals surface area contributed by atoms with Gasteiger partial charge in [0.2, 0.25) is 0 Å². The van der Waals surface area contributed by atoms with Crippen LogP contribution in [0.25, 0.3) is 0 Å². The van der Waals surface area contributed by atoms with Crippen molar-refractivity contribution in [3.8, 4) is 0 Å². The largest absolute Gasteiger partial charge is 0.493 e. The van der Waals surface area contributed by atoms with E-state index in [1.807, 2.05) is 0 Å². The van der Waals surface area contributed by atoms with Crippen LogP contribution in [0, 0.1) is 0 Å². The molecule has 0 aromatic rings. The minimum Gasteiger partial charge on any atom is -0.493 e. The molecule has 0 aliphatic carbocycles. The van der Waals surface area contributed by atoms with E-state index in [4.69, 9.17) is 0 Å². The standard InChI is InChI=1S/C6H8O2/c1-3-4-6(5-7)8-2/h3-5H,1H2,2H3/b6-4-. The fourth-order valence-corrected chi connectivity index (χ4v) is 0.272. The van der Waals surface area contributed by atoms with E-state index in [0.29, 0.717) is 12.0 Å². The van der Waals surface area contributed by atoms with E-state index in [2.05, 4.69) is 11.3 Å². The van der Waals surface area contributed by atoms with E-state index in [-0.39, 0.29) is 0 Å². The Labute approximate surface area is 48.5 Å². The smallest absolute Gasteiger partial charge is 0.184 e. The van der Waals surface area contributed by atoms with Crippen LogP contribution in [-0.4, -0.2) is 13.4 Å². The normalized spacial score (nSPS) is 10.4. The molecule has 0 radical (unpaired) electrons. The van der Waals surface area contributed by atoms with Crippen molar-refractivity contribution < 1.29 is 9.53 Å². The Hall–Kier alpha value is -1.05. The third-order valence-corrected chi connectivity index (χ3v) is 0.634. The Morgan fingerprint density at radius 2 is 2.38 bits per heavy atom. The number of carbonyl (C=O) groups is 1. The van der Waals surface area contributed by atoms with Crippen LogP contribution in [0.5, 0.6) is 0 Å². The summed E-state index contributed by atoms with van der Waals surface area (Å²) in [5, 5.41) is 0. The van der Waals surface area contributed by atoms with Crippen LogP contribution in [0.4, 0.5) is 0 Å². The van der Waals surface area contributed by atoms with E-state index in [0.717, 1.165) is 0 Å². The van der Waals surface area contributed by atoms with Gasteiger partial charge in [0, 0.05) is 0 Å². The molecular weight excluding hydrogens is 104 g/mol. The molecular formula is C6H8O2. The van der Waals surface area contributed by atoms with Gasteiger partial charge in [0.05, 0.1) is 7.11 Å². The molecule has 0 saturated carbocycles. The van der Waals surface area contributed by atoms with Crippen LogP contribution in [0.3, 0.4) is 0 Å². The molecule has 0 amide bonds. The molecule has 0 atom stereocenters. The fourth-order valence-electron chi connectivity index (χ4n) is 0.272. The molecule has 44 valence electrons. The zero-order chi connectivity index (χ0) is 6.41. The second-order valence-corrected chi connectivity index (χ2v) is 1.13. The summed E-state index contributed by atoms with van der Waals surface area (Å²) < 4.78 is 4.56. The SMILES string of the molecule is C=C/C=C(/C=O)OC. The number of hydrogen-bond acceptors (Lipinski definition) is 2. The zero-order valence-electron chi connectivity index (χ0n) is 4.76. The lowest BCUT2D eigenvalue weighted by Gasteiger charge is -1.90. The van der Waals surface area contributed by atoms with Crippen LogP contribution in [0.15, 0.2) is 24.5 Å². The second-order valence-electron chi connectivity index (χ2n) is 1.13. The predicted molar refractivity (Wildman–Crippen MR) is 31.4 cm³/mol. The molecule has 0 spiro atoms. The number of allylic oxidation sites excluding steroid dienone is 3. The number of carbonyl (C=O) groups excluding carboxylic acids is 1. The highest BCUT2D eigenvalue weighted by atomic mass is 16.5. The van der Waals surface area contributed by atoms with Crippen molar-refractivity contribution in [2.75, 3.05) is 7.11 Å². The molecule has 2 nitrogen and oxygen atoms in total. The van der Waals surface area contributed by atoms with Crippen molar-refractivity contribution in [2.24, 2.45) is 0 Å². The number of methoxy groups -OCH3 is 1. The molecule has 0 N–H and O–H groups in total. The highest BCUT2D eigenvalue weighted by Gasteiger charge is 1.84. The third kappa shape index (κ3) is 2.18. The van der Waals surface area contributed by atoms with E-state index in [1.54, 1.807) is 0 Å². The van der Waals surface area contributed by atoms with E-state index in [1.165, 1.54) is 19.3 Å². The first-order valence-electron chi connectivity index (χ1n) is 2.17. The molecule has 0 aromatic carbocycles. The van der Waals surface area contributed by atoms with E-state index < -0.39 is 0 Å². The van der Waals surface area contributed by atoms with Gasteiger partial charge in [-0.25, -0.2) is 0 Å². The molecule has 0 rings (SSSR count). The first-order valence-corrected chi connectivity index (χ1v) is 2.17. The highest BCUT2D eigenvalue weighted by molar-refractivity contribution is 5.70. The maximum atomic E-state index is 9.88. The number of aldehydes is 1. The van der Waals surface area contributed by atoms with Crippen LogP contribution < -0.4 is 0 Å². The fraction of sp³-hybridized carbons (Fsp3) is 0.167.